The Morgan fingerprint density at radius 2 is 0.540 bits per heavy atom. The molecule has 0 heterocycles. The van der Waals surface area contributed by atoms with E-state index in [9.17, 15) is 19.8 Å². The number of esters is 1. The fourth-order valence-electron chi connectivity index (χ4n) is 12.6. The van der Waals surface area contributed by atoms with E-state index in [2.05, 4.69) is 43.5 Å². The van der Waals surface area contributed by atoms with E-state index in [-0.39, 0.29) is 18.5 Å². The minimum Gasteiger partial charge on any atom is -0.466 e. The summed E-state index contributed by atoms with van der Waals surface area (Å²) in [7, 11) is 0. The van der Waals surface area contributed by atoms with E-state index >= 15 is 0 Å². The van der Waals surface area contributed by atoms with Crippen LogP contribution in [0.1, 0.15) is 444 Å². The number of carbonyl (C=O) groups excluding carboxylic acids is 2. The number of aliphatic hydroxyl groups is 2. The number of allylic oxidation sites excluding steroid dienone is 5. The maximum absolute atomic E-state index is 12.5. The van der Waals surface area contributed by atoms with Crippen LogP contribution in [0.4, 0.5) is 0 Å². The van der Waals surface area contributed by atoms with Gasteiger partial charge in [-0.3, -0.25) is 9.59 Å². The molecule has 0 saturated heterocycles. The van der Waals surface area contributed by atoms with Gasteiger partial charge in [-0.15, -0.1) is 0 Å². The largest absolute Gasteiger partial charge is 0.466 e. The summed E-state index contributed by atoms with van der Waals surface area (Å²) in [5.41, 5.74) is 0. The van der Waals surface area contributed by atoms with E-state index in [1.165, 1.54) is 372 Å². The smallest absolute Gasteiger partial charge is 0.305 e. The fraction of sp³-hybridized carbons (Fsp3) is 0.901. The van der Waals surface area contributed by atoms with Crippen molar-refractivity contribution in [2.75, 3.05) is 13.2 Å². The highest BCUT2D eigenvalue weighted by Gasteiger charge is 2.18. The Bertz CT molecular complexity index is 1410. The lowest BCUT2D eigenvalue weighted by Crippen LogP contribution is -2.45. The summed E-state index contributed by atoms with van der Waals surface area (Å²) in [5, 5.41) is 23.2. The lowest BCUT2D eigenvalue weighted by molar-refractivity contribution is -0.143. The summed E-state index contributed by atoms with van der Waals surface area (Å²) in [6, 6.07) is -0.625. The molecule has 0 rings (SSSR count). The van der Waals surface area contributed by atoms with Gasteiger partial charge in [0.2, 0.25) is 5.91 Å². The van der Waals surface area contributed by atoms with Crippen molar-refractivity contribution >= 4 is 11.9 Å². The molecule has 0 radical (unpaired) electrons. The van der Waals surface area contributed by atoms with Gasteiger partial charge >= 0.3 is 5.97 Å². The van der Waals surface area contributed by atoms with Crippen molar-refractivity contribution in [2.24, 2.45) is 0 Å². The van der Waals surface area contributed by atoms with Crippen molar-refractivity contribution in [3.8, 4) is 0 Å². The second-order valence-electron chi connectivity index (χ2n) is 27.4. The Kier molecular flexibility index (Phi) is 74.8. The summed E-state index contributed by atoms with van der Waals surface area (Å²) in [6.45, 7) is 4.93. The molecule has 0 spiro atoms. The van der Waals surface area contributed by atoms with Crippen LogP contribution >= 0.6 is 0 Å². The highest BCUT2D eigenvalue weighted by atomic mass is 16.5. The summed E-state index contributed by atoms with van der Waals surface area (Å²) >= 11 is 0. The lowest BCUT2D eigenvalue weighted by atomic mass is 10.0. The minimum absolute atomic E-state index is 0.0135. The van der Waals surface area contributed by atoms with E-state index in [1.54, 1.807) is 6.08 Å². The van der Waals surface area contributed by atoms with Gasteiger partial charge in [0, 0.05) is 12.8 Å². The zero-order valence-corrected chi connectivity index (χ0v) is 59.0. The number of aliphatic hydroxyl groups excluding tert-OH is 2. The summed E-state index contributed by atoms with van der Waals surface area (Å²) < 4.78 is 5.49. The van der Waals surface area contributed by atoms with Gasteiger partial charge in [0.15, 0.2) is 0 Å². The molecule has 0 aliphatic heterocycles. The Balaban J connectivity index is 3.34. The standard InChI is InChI=1S/C81H155NO5/c1-3-5-7-9-11-13-15-17-18-19-43-46-50-53-57-61-65-69-73-79(84)78(77-83)82-80(85)74-70-66-62-58-54-51-47-44-41-39-37-35-33-31-29-27-25-23-21-20-22-24-26-28-30-32-34-36-38-40-42-45-48-52-56-60-64-68-72-76-87-81(86)75-71-67-63-59-55-49-16-14-12-10-8-6-4-2/h14,16,20-21,69,73,78-79,83-84H,3-13,15,17-19,22-68,70-72,74-77H2,1-2H3,(H,82,85)/b16-14-,21-20-,73-69+. The first-order valence-electron chi connectivity index (χ1n) is 39.8. The normalized spacial score (nSPS) is 12.6. The number of carbonyl (C=O) groups is 2. The van der Waals surface area contributed by atoms with Crippen LogP contribution in [-0.4, -0.2) is 47.4 Å². The third kappa shape index (κ3) is 73.0. The number of hydrogen-bond acceptors (Lipinski definition) is 5. The third-order valence-corrected chi connectivity index (χ3v) is 18.6. The molecular formula is C81H155NO5. The van der Waals surface area contributed by atoms with Crippen LogP contribution in [0, 0.1) is 0 Å². The molecule has 0 aromatic carbocycles. The van der Waals surface area contributed by atoms with Gasteiger partial charge in [0.1, 0.15) is 0 Å². The van der Waals surface area contributed by atoms with E-state index in [4.69, 9.17) is 4.74 Å². The van der Waals surface area contributed by atoms with Gasteiger partial charge < -0.3 is 20.3 Å². The van der Waals surface area contributed by atoms with E-state index in [0.29, 0.717) is 19.4 Å². The van der Waals surface area contributed by atoms with Gasteiger partial charge in [-0.2, -0.15) is 0 Å². The van der Waals surface area contributed by atoms with Gasteiger partial charge in [-0.25, -0.2) is 0 Å². The van der Waals surface area contributed by atoms with Crippen molar-refractivity contribution in [1.82, 2.24) is 5.32 Å². The maximum Gasteiger partial charge on any atom is 0.305 e. The Morgan fingerprint density at radius 3 is 0.828 bits per heavy atom. The summed E-state index contributed by atoms with van der Waals surface area (Å²) in [6.07, 6.45) is 99.9. The molecule has 3 N–H and O–H groups in total. The third-order valence-electron chi connectivity index (χ3n) is 18.6. The summed E-state index contributed by atoms with van der Waals surface area (Å²) in [4.78, 5) is 24.6. The molecule has 2 atom stereocenters. The van der Waals surface area contributed by atoms with Crippen LogP contribution in [0.25, 0.3) is 0 Å². The molecule has 1 amide bonds. The Morgan fingerprint density at radius 1 is 0.310 bits per heavy atom. The molecule has 0 saturated carbocycles. The number of unbranched alkanes of at least 4 members (excludes halogenated alkanes) is 60. The number of rotatable bonds is 75. The first-order valence-corrected chi connectivity index (χ1v) is 39.8. The zero-order chi connectivity index (χ0) is 62.8. The zero-order valence-electron chi connectivity index (χ0n) is 59.0. The van der Waals surface area contributed by atoms with Crippen LogP contribution < -0.4 is 5.32 Å². The number of nitrogens with one attached hydrogen (secondary N) is 1. The van der Waals surface area contributed by atoms with Crippen LogP contribution in [0.5, 0.6) is 0 Å². The van der Waals surface area contributed by atoms with Crippen LogP contribution in [0.2, 0.25) is 0 Å². The summed E-state index contributed by atoms with van der Waals surface area (Å²) in [5.74, 6) is -0.0463. The number of ether oxygens (including phenoxy) is 1. The number of hydrogen-bond donors (Lipinski definition) is 3. The van der Waals surface area contributed by atoms with E-state index in [1.807, 2.05) is 6.08 Å². The predicted octanol–water partition coefficient (Wildman–Crippen LogP) is 26.2. The SMILES string of the molecule is CCCCCC/C=C\CCCCCCCC(=O)OCCCCCCCCCCCCCCCCCCCC/C=C\CCCCCCCCCCCCCCCCCCCC(=O)NC(CO)C(O)/C=C/CCCCCCCCCCCCCCCCCC. The van der Waals surface area contributed by atoms with Gasteiger partial charge in [0.25, 0.3) is 0 Å². The van der Waals surface area contributed by atoms with Crippen LogP contribution in [-0.2, 0) is 14.3 Å². The average Bonchev–Trinajstić information content (AvgIpc) is 3.55. The molecule has 514 valence electrons. The van der Waals surface area contributed by atoms with Gasteiger partial charge in [-0.05, 0) is 83.5 Å². The molecule has 0 fully saturated rings. The van der Waals surface area contributed by atoms with E-state index < -0.39 is 12.1 Å². The highest BCUT2D eigenvalue weighted by Crippen LogP contribution is 2.20. The van der Waals surface area contributed by atoms with Crippen molar-refractivity contribution in [3.05, 3.63) is 36.5 Å². The van der Waals surface area contributed by atoms with Crippen molar-refractivity contribution in [3.63, 3.8) is 0 Å². The first-order chi connectivity index (χ1) is 43.0. The fourth-order valence-corrected chi connectivity index (χ4v) is 12.6. The lowest BCUT2D eigenvalue weighted by Gasteiger charge is -2.20. The molecule has 0 aliphatic carbocycles. The quantitative estimate of drug-likeness (QED) is 0.0320. The molecule has 2 unspecified atom stereocenters. The van der Waals surface area contributed by atoms with Crippen molar-refractivity contribution < 1.29 is 24.5 Å². The molecule has 87 heavy (non-hydrogen) atoms. The molecule has 0 aliphatic rings. The molecule has 0 aromatic rings. The van der Waals surface area contributed by atoms with E-state index in [0.717, 1.165) is 44.9 Å². The number of amides is 1. The predicted molar refractivity (Wildman–Crippen MR) is 384 cm³/mol. The van der Waals surface area contributed by atoms with Crippen LogP contribution in [0.15, 0.2) is 36.5 Å². The topological polar surface area (TPSA) is 95.9 Å². The second-order valence-corrected chi connectivity index (χ2v) is 27.4. The maximum atomic E-state index is 12.5. The second kappa shape index (κ2) is 76.5. The van der Waals surface area contributed by atoms with Crippen molar-refractivity contribution in [2.45, 2.75) is 456 Å². The molecule has 0 bridgehead atoms. The van der Waals surface area contributed by atoms with Gasteiger partial charge in [0.05, 0.1) is 25.4 Å². The molecular weight excluding hydrogens is 1070 g/mol. The highest BCUT2D eigenvalue weighted by molar-refractivity contribution is 5.76. The minimum atomic E-state index is -0.842. The molecule has 6 heteroatoms. The average molecular weight is 1220 g/mol. The van der Waals surface area contributed by atoms with Crippen molar-refractivity contribution in [1.29, 1.82) is 0 Å². The Hall–Kier alpha value is -1.92. The van der Waals surface area contributed by atoms with Crippen LogP contribution in [0.3, 0.4) is 0 Å². The monoisotopic (exact) mass is 1220 g/mol. The molecule has 0 aromatic heterocycles. The molecule has 6 nitrogen and oxygen atoms in total. The first kappa shape index (κ1) is 85.1. The van der Waals surface area contributed by atoms with Gasteiger partial charge in [-0.1, -0.05) is 384 Å². The Labute approximate surface area is 544 Å².